The van der Waals surface area contributed by atoms with Crippen LogP contribution in [0.4, 0.5) is 36.1 Å². The molecule has 0 radical (unpaired) electrons. The Kier molecular flexibility index (Phi) is 6.21. The number of aromatic nitrogens is 4. The number of anilines is 4. The SMILES string of the molecule is CO[C@H]1CC[C@H](C(=O)N2Cc3cccnc3Nc3ccc(N4CCn5nc(C(F)(F)F)nc5C4)cc32)CC1. The first-order valence-electron chi connectivity index (χ1n) is 12.7. The van der Waals surface area contributed by atoms with Gasteiger partial charge in [0.2, 0.25) is 5.91 Å². The zero-order chi connectivity index (χ0) is 26.4. The van der Waals surface area contributed by atoms with Gasteiger partial charge in [-0.15, -0.1) is 5.10 Å². The number of pyridine rings is 1. The van der Waals surface area contributed by atoms with Gasteiger partial charge >= 0.3 is 6.18 Å². The molecule has 1 aliphatic carbocycles. The van der Waals surface area contributed by atoms with Crippen molar-refractivity contribution >= 4 is 28.8 Å². The summed E-state index contributed by atoms with van der Waals surface area (Å²) in [5.41, 5.74) is 3.19. The summed E-state index contributed by atoms with van der Waals surface area (Å²) in [6.07, 6.45) is 0.530. The number of fused-ring (bicyclic) bond motifs is 3. The summed E-state index contributed by atoms with van der Waals surface area (Å²) in [6.45, 7) is 1.32. The minimum atomic E-state index is -4.59. The highest BCUT2D eigenvalue weighted by Crippen LogP contribution is 2.40. The van der Waals surface area contributed by atoms with E-state index in [-0.39, 0.29) is 36.8 Å². The second-order valence-electron chi connectivity index (χ2n) is 9.97. The Bertz CT molecular complexity index is 1350. The van der Waals surface area contributed by atoms with Crippen LogP contribution in [-0.4, -0.2) is 45.4 Å². The lowest BCUT2D eigenvalue weighted by Crippen LogP contribution is -2.38. The highest BCUT2D eigenvalue weighted by molar-refractivity contribution is 6.00. The van der Waals surface area contributed by atoms with Crippen LogP contribution in [0.15, 0.2) is 36.5 Å². The Morgan fingerprint density at radius 2 is 1.92 bits per heavy atom. The van der Waals surface area contributed by atoms with Crippen molar-refractivity contribution < 1.29 is 22.7 Å². The lowest BCUT2D eigenvalue weighted by Gasteiger charge is -2.33. The maximum atomic E-state index is 13.9. The number of alkyl halides is 3. The number of carbonyl (C=O) groups is 1. The average Bonchev–Trinajstić information content (AvgIpc) is 3.29. The molecule has 6 rings (SSSR count). The second-order valence-corrected chi connectivity index (χ2v) is 9.97. The maximum Gasteiger partial charge on any atom is 0.453 e. The van der Waals surface area contributed by atoms with E-state index in [9.17, 15) is 18.0 Å². The van der Waals surface area contributed by atoms with E-state index in [2.05, 4.69) is 20.4 Å². The number of hydrogen-bond donors (Lipinski definition) is 1. The van der Waals surface area contributed by atoms with Gasteiger partial charge in [0.05, 0.1) is 37.1 Å². The molecule has 0 atom stereocenters. The van der Waals surface area contributed by atoms with Gasteiger partial charge in [-0.05, 0) is 49.9 Å². The molecule has 9 nitrogen and oxygen atoms in total. The Hall–Kier alpha value is -3.67. The Labute approximate surface area is 217 Å². The van der Waals surface area contributed by atoms with Crippen LogP contribution in [0, 0.1) is 5.92 Å². The molecule has 3 aromatic rings. The summed E-state index contributed by atoms with van der Waals surface area (Å²) in [6, 6.07) is 9.55. The molecule has 200 valence electrons. The fourth-order valence-corrected chi connectivity index (χ4v) is 5.55. The van der Waals surface area contributed by atoms with Crippen molar-refractivity contribution in [2.24, 2.45) is 5.92 Å². The van der Waals surface area contributed by atoms with E-state index in [0.29, 0.717) is 18.9 Å². The van der Waals surface area contributed by atoms with Crippen LogP contribution in [0.1, 0.15) is 42.9 Å². The molecule has 1 fully saturated rings. The molecule has 0 unspecified atom stereocenters. The van der Waals surface area contributed by atoms with Crippen LogP contribution in [-0.2, 0) is 35.3 Å². The number of hydrogen-bond acceptors (Lipinski definition) is 7. The minimum absolute atomic E-state index is 0.0599. The molecular formula is C26H28F3N7O2. The van der Waals surface area contributed by atoms with E-state index in [1.165, 1.54) is 4.68 Å². The molecule has 38 heavy (non-hydrogen) atoms. The van der Waals surface area contributed by atoms with Gasteiger partial charge < -0.3 is 19.9 Å². The highest BCUT2D eigenvalue weighted by atomic mass is 19.4. The molecule has 1 aromatic carbocycles. The number of nitrogens with one attached hydrogen (secondary N) is 1. The summed E-state index contributed by atoms with van der Waals surface area (Å²) in [5.74, 6) is -0.206. The van der Waals surface area contributed by atoms with Crippen molar-refractivity contribution in [1.82, 2.24) is 19.7 Å². The van der Waals surface area contributed by atoms with Crippen LogP contribution < -0.4 is 15.1 Å². The molecular weight excluding hydrogens is 499 g/mol. The predicted molar refractivity (Wildman–Crippen MR) is 134 cm³/mol. The number of ether oxygens (including phenoxy) is 1. The highest BCUT2D eigenvalue weighted by Gasteiger charge is 2.38. The molecule has 0 spiro atoms. The Morgan fingerprint density at radius 3 is 2.68 bits per heavy atom. The first kappa shape index (κ1) is 24.7. The van der Waals surface area contributed by atoms with Crippen LogP contribution in [0.25, 0.3) is 0 Å². The molecule has 2 aliphatic heterocycles. The van der Waals surface area contributed by atoms with Crippen molar-refractivity contribution in [2.75, 3.05) is 28.8 Å². The number of nitrogens with zero attached hydrogens (tertiary/aromatic N) is 6. The zero-order valence-corrected chi connectivity index (χ0v) is 20.9. The largest absolute Gasteiger partial charge is 0.453 e. The normalized spacial score (nSPS) is 21.2. The van der Waals surface area contributed by atoms with E-state index in [0.717, 1.165) is 48.3 Å². The van der Waals surface area contributed by atoms with Gasteiger partial charge in [-0.2, -0.15) is 13.2 Å². The molecule has 3 aliphatic rings. The molecule has 1 amide bonds. The Balaban J connectivity index is 1.32. The first-order valence-corrected chi connectivity index (χ1v) is 12.7. The van der Waals surface area contributed by atoms with Crippen LogP contribution in [0.3, 0.4) is 0 Å². The number of carbonyl (C=O) groups excluding carboxylic acids is 1. The molecule has 1 N–H and O–H groups in total. The summed E-state index contributed by atoms with van der Waals surface area (Å²) in [4.78, 5) is 25.9. The standard InChI is InChI=1S/C26H28F3N7O2/c1-38-19-7-4-16(5-8-19)24(37)35-14-17-3-2-10-30-23(17)31-20-9-6-18(13-21(20)35)34-11-12-36-22(15-34)32-25(33-36)26(27,28)29/h2-3,6,9-10,13,16,19H,4-5,7-8,11-12,14-15H2,1H3,(H,30,31)/t16-,19-. The van der Waals surface area contributed by atoms with E-state index >= 15 is 0 Å². The first-order chi connectivity index (χ1) is 18.3. The van der Waals surface area contributed by atoms with E-state index in [4.69, 9.17) is 4.74 Å². The molecule has 0 saturated heterocycles. The van der Waals surface area contributed by atoms with Crippen LogP contribution >= 0.6 is 0 Å². The number of rotatable bonds is 3. The number of amides is 1. The quantitative estimate of drug-likeness (QED) is 0.536. The molecule has 0 bridgehead atoms. The van der Waals surface area contributed by atoms with Crippen molar-refractivity contribution in [3.05, 3.63) is 53.7 Å². The van der Waals surface area contributed by atoms with Gasteiger partial charge in [-0.3, -0.25) is 4.79 Å². The van der Waals surface area contributed by atoms with E-state index < -0.39 is 12.0 Å². The third-order valence-electron chi connectivity index (χ3n) is 7.65. The average molecular weight is 528 g/mol. The fourth-order valence-electron chi connectivity index (χ4n) is 5.55. The van der Waals surface area contributed by atoms with Gasteiger partial charge in [0.25, 0.3) is 5.82 Å². The van der Waals surface area contributed by atoms with E-state index in [1.54, 1.807) is 13.3 Å². The van der Waals surface area contributed by atoms with Crippen molar-refractivity contribution in [1.29, 1.82) is 0 Å². The van der Waals surface area contributed by atoms with Crippen molar-refractivity contribution in [3.8, 4) is 0 Å². The fraction of sp³-hybridized carbons (Fsp3) is 0.462. The van der Waals surface area contributed by atoms with Gasteiger partial charge in [-0.25, -0.2) is 14.6 Å². The predicted octanol–water partition coefficient (Wildman–Crippen LogP) is 4.51. The van der Waals surface area contributed by atoms with E-state index in [1.807, 2.05) is 40.1 Å². The third-order valence-corrected chi connectivity index (χ3v) is 7.65. The maximum absolute atomic E-state index is 13.9. The molecule has 4 heterocycles. The number of benzene rings is 1. The summed E-state index contributed by atoms with van der Waals surface area (Å²) < 4.78 is 46.2. The summed E-state index contributed by atoms with van der Waals surface area (Å²) in [7, 11) is 1.71. The molecule has 1 saturated carbocycles. The molecule has 2 aromatic heterocycles. The summed E-state index contributed by atoms with van der Waals surface area (Å²) in [5, 5.41) is 7.01. The topological polar surface area (TPSA) is 88.4 Å². The van der Waals surface area contributed by atoms with Gasteiger partial charge in [-0.1, -0.05) is 6.07 Å². The van der Waals surface area contributed by atoms with Gasteiger partial charge in [0, 0.05) is 37.0 Å². The van der Waals surface area contributed by atoms with Gasteiger partial charge in [0.15, 0.2) is 0 Å². The monoisotopic (exact) mass is 527 g/mol. The lowest BCUT2D eigenvalue weighted by molar-refractivity contribution is -0.145. The Morgan fingerprint density at radius 1 is 1.11 bits per heavy atom. The van der Waals surface area contributed by atoms with Crippen molar-refractivity contribution in [3.63, 3.8) is 0 Å². The van der Waals surface area contributed by atoms with Crippen LogP contribution in [0.2, 0.25) is 0 Å². The number of halogens is 3. The zero-order valence-electron chi connectivity index (χ0n) is 20.9. The lowest BCUT2D eigenvalue weighted by atomic mass is 9.86. The van der Waals surface area contributed by atoms with Gasteiger partial charge in [0.1, 0.15) is 11.6 Å². The summed E-state index contributed by atoms with van der Waals surface area (Å²) >= 11 is 0. The molecule has 12 heteroatoms. The minimum Gasteiger partial charge on any atom is -0.381 e. The smallest absolute Gasteiger partial charge is 0.381 e. The second kappa shape index (κ2) is 9.57. The van der Waals surface area contributed by atoms with Crippen molar-refractivity contribution in [2.45, 2.75) is 57.6 Å². The van der Waals surface area contributed by atoms with Crippen LogP contribution in [0.5, 0.6) is 0 Å². The third kappa shape index (κ3) is 4.57. The number of methoxy groups -OCH3 is 1.